The second kappa shape index (κ2) is 5.63. The number of rotatable bonds is 5. The Morgan fingerprint density at radius 1 is 1.42 bits per heavy atom. The molecule has 1 N–H and O–H groups in total. The van der Waals surface area contributed by atoms with Crippen LogP contribution < -0.4 is 0 Å². The normalized spacial score (nSPS) is 12.2. The minimum absolute atomic E-state index is 0.311. The molecule has 3 nitrogen and oxygen atoms in total. The zero-order chi connectivity index (χ0) is 9.56. The van der Waals surface area contributed by atoms with E-state index in [0.29, 0.717) is 24.4 Å². The number of carbonyl (C=O) groups is 1. The molecule has 0 aliphatic heterocycles. The highest BCUT2D eigenvalue weighted by molar-refractivity contribution is 5.86. The standard InChI is InChI=1S/C9H16O3/c1-4-6-12-8(5-2)7(3)9(10)11/h4-6H2,1-3H3,(H,10,11). The van der Waals surface area contributed by atoms with Gasteiger partial charge in [0.2, 0.25) is 0 Å². The summed E-state index contributed by atoms with van der Waals surface area (Å²) in [5.41, 5.74) is 0.311. The van der Waals surface area contributed by atoms with E-state index in [1.54, 1.807) is 6.92 Å². The van der Waals surface area contributed by atoms with Crippen molar-refractivity contribution < 1.29 is 14.6 Å². The van der Waals surface area contributed by atoms with Gasteiger partial charge in [-0.05, 0) is 13.3 Å². The predicted molar refractivity (Wildman–Crippen MR) is 46.9 cm³/mol. The highest BCUT2D eigenvalue weighted by Gasteiger charge is 2.07. The molecule has 0 rings (SSSR count). The Balaban J connectivity index is 4.28. The fourth-order valence-corrected chi connectivity index (χ4v) is 0.820. The number of allylic oxidation sites excluding steroid dienone is 1. The summed E-state index contributed by atoms with van der Waals surface area (Å²) in [6, 6.07) is 0. The molecule has 0 aromatic rings. The highest BCUT2D eigenvalue weighted by Crippen LogP contribution is 2.10. The lowest BCUT2D eigenvalue weighted by atomic mass is 10.2. The van der Waals surface area contributed by atoms with Crippen molar-refractivity contribution in [2.24, 2.45) is 0 Å². The van der Waals surface area contributed by atoms with Crippen molar-refractivity contribution in [3.63, 3.8) is 0 Å². The summed E-state index contributed by atoms with van der Waals surface area (Å²) in [6.45, 7) is 6.03. The first kappa shape index (κ1) is 11.0. The quantitative estimate of drug-likeness (QED) is 0.510. The Hall–Kier alpha value is -0.990. The van der Waals surface area contributed by atoms with Crippen LogP contribution in [0.15, 0.2) is 11.3 Å². The molecule has 12 heavy (non-hydrogen) atoms. The number of aliphatic carboxylic acids is 1. The molecule has 3 heteroatoms. The molecule has 0 aromatic heterocycles. The first-order valence-corrected chi connectivity index (χ1v) is 4.19. The second-order valence-electron chi connectivity index (χ2n) is 2.56. The van der Waals surface area contributed by atoms with Gasteiger partial charge in [0.25, 0.3) is 0 Å². The number of carboxylic acid groups (broad SMARTS) is 1. The van der Waals surface area contributed by atoms with Gasteiger partial charge in [-0.3, -0.25) is 0 Å². The average Bonchev–Trinajstić information content (AvgIpc) is 2.05. The van der Waals surface area contributed by atoms with Crippen molar-refractivity contribution in [2.75, 3.05) is 6.61 Å². The molecule has 0 bridgehead atoms. The zero-order valence-corrected chi connectivity index (χ0v) is 7.89. The summed E-state index contributed by atoms with van der Waals surface area (Å²) >= 11 is 0. The molecule has 0 atom stereocenters. The van der Waals surface area contributed by atoms with Gasteiger partial charge in [-0.1, -0.05) is 13.8 Å². The molecule has 0 unspecified atom stereocenters. The molecule has 0 heterocycles. The van der Waals surface area contributed by atoms with Crippen LogP contribution in [0.1, 0.15) is 33.6 Å². The molecular formula is C9H16O3. The SMILES string of the molecule is CCCOC(CC)=C(C)C(=O)O. The molecule has 0 radical (unpaired) electrons. The Labute approximate surface area is 73.0 Å². The third-order valence-corrected chi connectivity index (χ3v) is 1.54. The van der Waals surface area contributed by atoms with E-state index < -0.39 is 5.97 Å². The van der Waals surface area contributed by atoms with Crippen LogP contribution in [-0.4, -0.2) is 17.7 Å². The number of hydrogen-bond donors (Lipinski definition) is 1. The van der Waals surface area contributed by atoms with Gasteiger partial charge >= 0.3 is 5.97 Å². The third-order valence-electron chi connectivity index (χ3n) is 1.54. The molecule has 0 saturated heterocycles. The van der Waals surface area contributed by atoms with Gasteiger partial charge in [-0.15, -0.1) is 0 Å². The van der Waals surface area contributed by atoms with E-state index >= 15 is 0 Å². The molecule has 0 aromatic carbocycles. The van der Waals surface area contributed by atoms with E-state index in [9.17, 15) is 4.79 Å². The molecule has 70 valence electrons. The molecular weight excluding hydrogens is 156 g/mol. The van der Waals surface area contributed by atoms with Crippen LogP contribution in [0.5, 0.6) is 0 Å². The molecule has 0 aliphatic rings. The average molecular weight is 172 g/mol. The van der Waals surface area contributed by atoms with E-state index in [0.717, 1.165) is 6.42 Å². The molecule has 0 saturated carbocycles. The van der Waals surface area contributed by atoms with Crippen molar-refractivity contribution in [2.45, 2.75) is 33.6 Å². The van der Waals surface area contributed by atoms with Gasteiger partial charge in [-0.2, -0.15) is 0 Å². The van der Waals surface area contributed by atoms with Crippen LogP contribution in [-0.2, 0) is 9.53 Å². The van der Waals surface area contributed by atoms with Crippen LogP contribution >= 0.6 is 0 Å². The van der Waals surface area contributed by atoms with Crippen molar-refractivity contribution in [3.8, 4) is 0 Å². The van der Waals surface area contributed by atoms with Crippen LogP contribution in [0, 0.1) is 0 Å². The van der Waals surface area contributed by atoms with Gasteiger partial charge in [0, 0.05) is 6.42 Å². The van der Waals surface area contributed by atoms with Gasteiger partial charge in [0.1, 0.15) is 5.76 Å². The summed E-state index contributed by atoms with van der Waals surface area (Å²) in [5, 5.41) is 8.64. The molecule has 0 amide bonds. The number of ether oxygens (including phenoxy) is 1. The van der Waals surface area contributed by atoms with Crippen LogP contribution in [0.25, 0.3) is 0 Å². The van der Waals surface area contributed by atoms with Gasteiger partial charge in [-0.25, -0.2) is 4.79 Å². The number of hydrogen-bond acceptors (Lipinski definition) is 2. The van der Waals surface area contributed by atoms with Gasteiger partial charge < -0.3 is 9.84 Å². The van der Waals surface area contributed by atoms with E-state index in [1.165, 1.54) is 0 Å². The van der Waals surface area contributed by atoms with Crippen molar-refractivity contribution >= 4 is 5.97 Å². The summed E-state index contributed by atoms with van der Waals surface area (Å²) in [6.07, 6.45) is 1.54. The minimum Gasteiger partial charge on any atom is -0.497 e. The maximum absolute atomic E-state index is 10.5. The van der Waals surface area contributed by atoms with Crippen molar-refractivity contribution in [1.82, 2.24) is 0 Å². The second-order valence-corrected chi connectivity index (χ2v) is 2.56. The Morgan fingerprint density at radius 2 is 2.00 bits per heavy atom. The van der Waals surface area contributed by atoms with E-state index in [1.807, 2.05) is 13.8 Å². The fourth-order valence-electron chi connectivity index (χ4n) is 0.820. The maximum Gasteiger partial charge on any atom is 0.334 e. The fraction of sp³-hybridized carbons (Fsp3) is 0.667. The summed E-state index contributed by atoms with van der Waals surface area (Å²) < 4.78 is 5.26. The zero-order valence-electron chi connectivity index (χ0n) is 7.89. The summed E-state index contributed by atoms with van der Waals surface area (Å²) in [5.74, 6) is -0.313. The lowest BCUT2D eigenvalue weighted by Crippen LogP contribution is -2.04. The monoisotopic (exact) mass is 172 g/mol. The van der Waals surface area contributed by atoms with Crippen LogP contribution in [0.4, 0.5) is 0 Å². The van der Waals surface area contributed by atoms with Gasteiger partial charge in [0.05, 0.1) is 12.2 Å². The van der Waals surface area contributed by atoms with Crippen LogP contribution in [0.3, 0.4) is 0 Å². The molecule has 0 aliphatic carbocycles. The smallest absolute Gasteiger partial charge is 0.334 e. The lowest BCUT2D eigenvalue weighted by Gasteiger charge is -2.08. The summed E-state index contributed by atoms with van der Waals surface area (Å²) in [4.78, 5) is 10.5. The third kappa shape index (κ3) is 3.42. The maximum atomic E-state index is 10.5. The first-order valence-electron chi connectivity index (χ1n) is 4.19. The van der Waals surface area contributed by atoms with E-state index in [2.05, 4.69) is 0 Å². The van der Waals surface area contributed by atoms with Crippen molar-refractivity contribution in [1.29, 1.82) is 0 Å². The Kier molecular flexibility index (Phi) is 5.17. The lowest BCUT2D eigenvalue weighted by molar-refractivity contribution is -0.132. The van der Waals surface area contributed by atoms with E-state index in [-0.39, 0.29) is 0 Å². The van der Waals surface area contributed by atoms with E-state index in [4.69, 9.17) is 9.84 Å². The predicted octanol–water partition coefficient (Wildman–Crippen LogP) is 2.18. The van der Waals surface area contributed by atoms with Crippen molar-refractivity contribution in [3.05, 3.63) is 11.3 Å². The first-order chi connectivity index (χ1) is 5.63. The van der Waals surface area contributed by atoms with Crippen LogP contribution in [0.2, 0.25) is 0 Å². The molecule has 0 fully saturated rings. The Morgan fingerprint density at radius 3 is 2.33 bits per heavy atom. The largest absolute Gasteiger partial charge is 0.497 e. The highest BCUT2D eigenvalue weighted by atomic mass is 16.5. The minimum atomic E-state index is -0.900. The Bertz CT molecular complexity index is 182. The topological polar surface area (TPSA) is 46.5 Å². The summed E-state index contributed by atoms with van der Waals surface area (Å²) in [7, 11) is 0. The van der Waals surface area contributed by atoms with Gasteiger partial charge in [0.15, 0.2) is 0 Å². The number of carboxylic acids is 1. The molecule has 0 spiro atoms.